The molecule has 94 valence electrons. The predicted octanol–water partition coefficient (Wildman–Crippen LogP) is -3.27. The summed E-state index contributed by atoms with van der Waals surface area (Å²) in [5, 5.41) is 22.5. The molecule has 8 nitrogen and oxygen atoms in total. The Morgan fingerprint density at radius 3 is 2.94 bits per heavy atom. The number of hydrogen-bond acceptors (Lipinski definition) is 8. The van der Waals surface area contributed by atoms with Crippen molar-refractivity contribution in [2.75, 3.05) is 13.2 Å². The Morgan fingerprint density at radius 2 is 2.24 bits per heavy atom. The molecule has 0 unspecified atom stereocenters. The number of aliphatic hydroxyl groups is 2. The van der Waals surface area contributed by atoms with E-state index in [0.29, 0.717) is 18.9 Å². The maximum Gasteiger partial charge on any atom is 0.193 e. The molecule has 3 aliphatic heterocycles. The lowest BCUT2D eigenvalue weighted by Crippen LogP contribution is -2.72. The molecule has 0 saturated carbocycles. The fourth-order valence-corrected chi connectivity index (χ4v) is 3.04. The van der Waals surface area contributed by atoms with Crippen molar-refractivity contribution in [3.05, 3.63) is 0 Å². The highest BCUT2D eigenvalue weighted by molar-refractivity contribution is 5.87. The van der Waals surface area contributed by atoms with Crippen molar-refractivity contribution < 1.29 is 10.2 Å². The van der Waals surface area contributed by atoms with E-state index < -0.39 is 23.9 Å². The maximum atomic E-state index is 10.2. The minimum absolute atomic E-state index is 0.174. The monoisotopic (exact) mass is 240 g/mol. The van der Waals surface area contributed by atoms with Gasteiger partial charge in [0.15, 0.2) is 17.6 Å². The zero-order chi connectivity index (χ0) is 12.2. The quantitative estimate of drug-likeness (QED) is 0.326. The first-order chi connectivity index (χ1) is 8.09. The fourth-order valence-electron chi connectivity index (χ4n) is 3.04. The summed E-state index contributed by atoms with van der Waals surface area (Å²) in [6, 6.07) is -0.871. The summed E-state index contributed by atoms with van der Waals surface area (Å²) in [5.74, 6) is 0.568. The third kappa shape index (κ3) is 1.14. The van der Waals surface area contributed by atoms with E-state index in [0.717, 1.165) is 0 Å². The minimum atomic E-state index is -0.830. The third-order valence-corrected chi connectivity index (χ3v) is 3.76. The largest absolute Gasteiger partial charge is 0.394 e. The van der Waals surface area contributed by atoms with Crippen molar-refractivity contribution in [3.8, 4) is 0 Å². The zero-order valence-electron chi connectivity index (χ0n) is 9.24. The molecule has 4 atom stereocenters. The van der Waals surface area contributed by atoms with Crippen LogP contribution in [0.1, 0.15) is 6.42 Å². The molecule has 0 aromatic heterocycles. The first-order valence-corrected chi connectivity index (χ1v) is 5.61. The van der Waals surface area contributed by atoms with E-state index in [1.54, 1.807) is 0 Å². The number of aliphatic imine (C=N–C) groups is 2. The van der Waals surface area contributed by atoms with Crippen LogP contribution in [0.25, 0.3) is 0 Å². The Balaban J connectivity index is 2.08. The molecular formula is C9H16N6O2. The summed E-state index contributed by atoms with van der Waals surface area (Å²) in [6.45, 7) is 0.442. The highest BCUT2D eigenvalue weighted by atomic mass is 16.3. The molecule has 0 amide bonds. The van der Waals surface area contributed by atoms with E-state index in [2.05, 4.69) is 15.3 Å². The van der Waals surface area contributed by atoms with Crippen LogP contribution < -0.4 is 16.8 Å². The molecule has 3 rings (SSSR count). The number of guanidine groups is 2. The van der Waals surface area contributed by atoms with Gasteiger partial charge in [-0.05, 0) is 6.42 Å². The van der Waals surface area contributed by atoms with Crippen molar-refractivity contribution in [2.45, 2.75) is 30.3 Å². The van der Waals surface area contributed by atoms with E-state index >= 15 is 0 Å². The highest BCUT2D eigenvalue weighted by Gasteiger charge is 2.62. The second kappa shape index (κ2) is 3.23. The topological polar surface area (TPSA) is 132 Å². The van der Waals surface area contributed by atoms with Gasteiger partial charge in [-0.3, -0.25) is 0 Å². The molecule has 1 saturated heterocycles. The molecule has 0 aromatic rings. The van der Waals surface area contributed by atoms with E-state index in [4.69, 9.17) is 11.5 Å². The standard InChI is InChI=1S/C9H16N6O2/c10-7-12-4(3-16)6-9(14-7)5(17)1-2-15(9)8(11)13-6/h4-6,16-17H,1-3H2,(H2,11,13)(H3,10,12,14)/t4-,5-,6-,9-/m0/s1. The van der Waals surface area contributed by atoms with Gasteiger partial charge in [0.05, 0.1) is 12.7 Å². The number of nitrogens with zero attached hydrogens (tertiary/aromatic N) is 3. The van der Waals surface area contributed by atoms with E-state index in [1.165, 1.54) is 0 Å². The summed E-state index contributed by atoms with van der Waals surface area (Å²) in [5.41, 5.74) is 10.7. The van der Waals surface area contributed by atoms with Crippen LogP contribution in [0, 0.1) is 0 Å². The first-order valence-electron chi connectivity index (χ1n) is 5.61. The van der Waals surface area contributed by atoms with Crippen LogP contribution in [0.2, 0.25) is 0 Å². The number of nitrogens with two attached hydrogens (primary N) is 2. The summed E-state index contributed by atoms with van der Waals surface area (Å²) in [7, 11) is 0. The summed E-state index contributed by atoms with van der Waals surface area (Å²) >= 11 is 0. The van der Waals surface area contributed by atoms with Gasteiger partial charge in [-0.25, -0.2) is 9.98 Å². The van der Waals surface area contributed by atoms with Gasteiger partial charge in [0.2, 0.25) is 0 Å². The molecule has 1 spiro atoms. The molecule has 0 bridgehead atoms. The molecule has 17 heavy (non-hydrogen) atoms. The van der Waals surface area contributed by atoms with Crippen LogP contribution in [0.3, 0.4) is 0 Å². The zero-order valence-corrected chi connectivity index (χ0v) is 9.24. The fraction of sp³-hybridized carbons (Fsp3) is 0.778. The third-order valence-electron chi connectivity index (χ3n) is 3.76. The van der Waals surface area contributed by atoms with Crippen molar-refractivity contribution in [2.24, 2.45) is 21.5 Å². The SMILES string of the molecule is NC1=N[C@@H](CO)[C@@H]2N=C(N)N3CC[C@H](O)[C@@]23N1. The summed E-state index contributed by atoms with van der Waals surface area (Å²) < 4.78 is 0. The molecule has 3 aliphatic rings. The average Bonchev–Trinajstić information content (AvgIpc) is 2.74. The van der Waals surface area contributed by atoms with E-state index in [9.17, 15) is 10.2 Å². The molecule has 1 fully saturated rings. The minimum Gasteiger partial charge on any atom is -0.394 e. The first kappa shape index (κ1) is 10.6. The second-order valence-electron chi connectivity index (χ2n) is 4.60. The van der Waals surface area contributed by atoms with Gasteiger partial charge in [-0.2, -0.15) is 0 Å². The van der Waals surface area contributed by atoms with E-state index in [-0.39, 0.29) is 12.6 Å². The number of rotatable bonds is 1. The predicted molar refractivity (Wildman–Crippen MR) is 61.1 cm³/mol. The summed E-state index contributed by atoms with van der Waals surface area (Å²) in [6.07, 6.45) is -0.0501. The van der Waals surface area contributed by atoms with Gasteiger partial charge >= 0.3 is 0 Å². The second-order valence-corrected chi connectivity index (χ2v) is 4.60. The van der Waals surface area contributed by atoms with Crippen molar-refractivity contribution in [3.63, 3.8) is 0 Å². The van der Waals surface area contributed by atoms with Crippen LogP contribution in [0.4, 0.5) is 0 Å². The Bertz CT molecular complexity index is 410. The van der Waals surface area contributed by atoms with Crippen LogP contribution in [0.5, 0.6) is 0 Å². The maximum absolute atomic E-state index is 10.2. The highest BCUT2D eigenvalue weighted by Crippen LogP contribution is 2.39. The number of nitrogens with one attached hydrogen (secondary N) is 1. The van der Waals surface area contributed by atoms with Gasteiger partial charge in [0.1, 0.15) is 12.1 Å². The lowest BCUT2D eigenvalue weighted by Gasteiger charge is -2.44. The van der Waals surface area contributed by atoms with Crippen molar-refractivity contribution in [1.29, 1.82) is 0 Å². The van der Waals surface area contributed by atoms with Crippen LogP contribution in [-0.2, 0) is 0 Å². The van der Waals surface area contributed by atoms with Gasteiger partial charge in [-0.1, -0.05) is 0 Å². The molecule has 7 N–H and O–H groups in total. The summed E-state index contributed by atoms with van der Waals surface area (Å²) in [4.78, 5) is 10.2. The molecule has 8 heteroatoms. The molecule has 3 heterocycles. The Morgan fingerprint density at radius 1 is 1.47 bits per heavy atom. The normalized spacial score (nSPS) is 43.6. The number of aliphatic hydroxyl groups excluding tert-OH is 2. The smallest absolute Gasteiger partial charge is 0.193 e. The van der Waals surface area contributed by atoms with Crippen LogP contribution in [-0.4, -0.2) is 64.0 Å². The van der Waals surface area contributed by atoms with Crippen LogP contribution >= 0.6 is 0 Å². The van der Waals surface area contributed by atoms with Crippen molar-refractivity contribution in [1.82, 2.24) is 10.2 Å². The molecular weight excluding hydrogens is 224 g/mol. The van der Waals surface area contributed by atoms with E-state index in [1.807, 2.05) is 4.90 Å². The average molecular weight is 240 g/mol. The lowest BCUT2D eigenvalue weighted by atomic mass is 9.89. The molecule has 0 aromatic carbocycles. The Kier molecular flexibility index (Phi) is 2.02. The van der Waals surface area contributed by atoms with Crippen molar-refractivity contribution >= 4 is 11.9 Å². The molecule has 0 aliphatic carbocycles. The number of hydrogen-bond donors (Lipinski definition) is 5. The Labute approximate surface area is 98.0 Å². The molecule has 0 radical (unpaired) electrons. The van der Waals surface area contributed by atoms with Gasteiger partial charge in [0, 0.05) is 6.54 Å². The van der Waals surface area contributed by atoms with Gasteiger partial charge < -0.3 is 31.9 Å². The van der Waals surface area contributed by atoms with Gasteiger partial charge in [-0.15, -0.1) is 0 Å². The Hall–Kier alpha value is -1.54. The lowest BCUT2D eigenvalue weighted by molar-refractivity contribution is 0.0224. The van der Waals surface area contributed by atoms with Gasteiger partial charge in [0.25, 0.3) is 0 Å². The van der Waals surface area contributed by atoms with Crippen LogP contribution in [0.15, 0.2) is 9.98 Å².